The molecule has 0 aliphatic rings. The molecular weight excluding hydrogens is 318 g/mol. The van der Waals surface area contributed by atoms with E-state index in [2.05, 4.69) is 11.1 Å². The fraction of sp³-hybridized carbons (Fsp3) is 0.188. The van der Waals surface area contributed by atoms with E-state index in [4.69, 9.17) is 4.55 Å². The lowest BCUT2D eigenvalue weighted by molar-refractivity contribution is 0.483. The van der Waals surface area contributed by atoms with Crippen LogP contribution in [0.2, 0.25) is 0 Å². The minimum atomic E-state index is -4.03. The zero-order valence-electron chi connectivity index (χ0n) is 12.4. The summed E-state index contributed by atoms with van der Waals surface area (Å²) in [5.41, 5.74) is 2.16. The summed E-state index contributed by atoms with van der Waals surface area (Å²) < 4.78 is 31.1. The molecule has 0 fully saturated rings. The maximum atomic E-state index is 10.6. The van der Waals surface area contributed by atoms with E-state index >= 15 is 0 Å². The zero-order chi connectivity index (χ0) is 16.2. The maximum absolute atomic E-state index is 10.6. The topological polar surface area (TPSA) is 67.3 Å². The third-order valence-corrected chi connectivity index (χ3v) is 4.85. The summed E-state index contributed by atoms with van der Waals surface area (Å²) >= 11 is 1.74. The van der Waals surface area contributed by atoms with Crippen LogP contribution in [0.1, 0.15) is 17.5 Å². The highest BCUT2D eigenvalue weighted by atomic mass is 32.2. The molecule has 1 N–H and O–H groups in total. The Morgan fingerprint density at radius 2 is 1.73 bits per heavy atom. The Balaban J connectivity index is 0.000000162. The lowest BCUT2D eigenvalue weighted by Gasteiger charge is -1.97. The average molecular weight is 335 g/mol. The summed E-state index contributed by atoms with van der Waals surface area (Å²) in [6.07, 6.45) is 0.853. The molecule has 6 heteroatoms. The lowest BCUT2D eigenvalue weighted by Crippen LogP contribution is -1.97. The van der Waals surface area contributed by atoms with Crippen molar-refractivity contribution in [1.29, 1.82) is 0 Å². The van der Waals surface area contributed by atoms with Gasteiger partial charge in [-0.3, -0.25) is 4.55 Å². The van der Waals surface area contributed by atoms with Crippen molar-refractivity contribution in [3.05, 3.63) is 59.1 Å². The summed E-state index contributed by atoms with van der Waals surface area (Å²) in [5, 5.41) is 1.14. The number of hydrogen-bond acceptors (Lipinski definition) is 4. The van der Waals surface area contributed by atoms with Crippen LogP contribution in [0.4, 0.5) is 0 Å². The molecule has 0 saturated carbocycles. The van der Waals surface area contributed by atoms with Gasteiger partial charge in [0.25, 0.3) is 10.1 Å². The number of para-hydroxylation sites is 1. The van der Waals surface area contributed by atoms with E-state index in [9.17, 15) is 8.42 Å². The summed E-state index contributed by atoms with van der Waals surface area (Å²) in [5.74, 6) is 0. The molecule has 0 spiro atoms. The number of aryl methyl sites for hydroxylation is 2. The van der Waals surface area contributed by atoms with Crippen LogP contribution < -0.4 is 0 Å². The molecule has 1 aromatic heterocycles. The molecular formula is C16H17NO3S2. The van der Waals surface area contributed by atoms with Crippen LogP contribution >= 0.6 is 11.3 Å². The molecule has 0 bridgehead atoms. The number of rotatable bonds is 2. The smallest absolute Gasteiger partial charge is 0.282 e. The minimum absolute atomic E-state index is 0.0558. The maximum Gasteiger partial charge on any atom is 0.294 e. The highest BCUT2D eigenvalue weighted by Gasteiger charge is 2.07. The Morgan fingerprint density at radius 1 is 1.09 bits per heavy atom. The van der Waals surface area contributed by atoms with Crippen LogP contribution in [0.25, 0.3) is 10.2 Å². The number of hydrogen-bond donors (Lipinski definition) is 1. The van der Waals surface area contributed by atoms with Crippen LogP contribution in [0, 0.1) is 6.92 Å². The third kappa shape index (κ3) is 4.37. The molecule has 0 saturated heterocycles. The van der Waals surface area contributed by atoms with Gasteiger partial charge < -0.3 is 0 Å². The van der Waals surface area contributed by atoms with Crippen molar-refractivity contribution < 1.29 is 13.0 Å². The first kappa shape index (κ1) is 16.6. The van der Waals surface area contributed by atoms with Gasteiger partial charge in [0.2, 0.25) is 0 Å². The predicted molar refractivity (Wildman–Crippen MR) is 90.0 cm³/mol. The number of thiazole rings is 1. The highest BCUT2D eigenvalue weighted by molar-refractivity contribution is 7.85. The Kier molecular flexibility index (Phi) is 5.28. The molecule has 116 valence electrons. The molecule has 0 atom stereocenters. The predicted octanol–water partition coefficient (Wildman–Crippen LogP) is 4.10. The van der Waals surface area contributed by atoms with E-state index in [1.165, 1.54) is 16.8 Å². The largest absolute Gasteiger partial charge is 0.294 e. The van der Waals surface area contributed by atoms with E-state index in [1.54, 1.807) is 23.5 Å². The summed E-state index contributed by atoms with van der Waals surface area (Å²) in [6, 6.07) is 14.4. The van der Waals surface area contributed by atoms with Crippen molar-refractivity contribution in [3.63, 3.8) is 0 Å². The van der Waals surface area contributed by atoms with Crippen molar-refractivity contribution in [2.24, 2.45) is 0 Å². The SMILES string of the molecule is CCc1ccc(S(=O)(=O)O)cc1.Cc1nc2ccccc2s1. The van der Waals surface area contributed by atoms with E-state index < -0.39 is 10.1 Å². The number of nitrogens with zero attached hydrogens (tertiary/aromatic N) is 1. The van der Waals surface area contributed by atoms with Crippen molar-refractivity contribution in [3.8, 4) is 0 Å². The Morgan fingerprint density at radius 3 is 2.27 bits per heavy atom. The van der Waals surface area contributed by atoms with E-state index in [0.29, 0.717) is 0 Å². The van der Waals surface area contributed by atoms with E-state index in [1.807, 2.05) is 32.0 Å². The molecule has 0 aliphatic carbocycles. The van der Waals surface area contributed by atoms with Gasteiger partial charge in [-0.2, -0.15) is 8.42 Å². The third-order valence-electron chi connectivity index (χ3n) is 3.03. The van der Waals surface area contributed by atoms with Gasteiger partial charge in [0.1, 0.15) is 0 Å². The highest BCUT2D eigenvalue weighted by Crippen LogP contribution is 2.19. The minimum Gasteiger partial charge on any atom is -0.282 e. The van der Waals surface area contributed by atoms with Crippen LogP contribution in [-0.4, -0.2) is 18.0 Å². The molecule has 3 rings (SSSR count). The number of aromatic nitrogens is 1. The normalized spacial score (nSPS) is 11.0. The molecule has 0 amide bonds. The molecule has 0 aliphatic heterocycles. The first-order chi connectivity index (χ1) is 10.4. The fourth-order valence-electron chi connectivity index (χ4n) is 1.88. The molecule has 0 radical (unpaired) electrons. The second-order valence-corrected chi connectivity index (χ2v) is 7.33. The molecule has 22 heavy (non-hydrogen) atoms. The lowest BCUT2D eigenvalue weighted by atomic mass is 10.2. The fourth-order valence-corrected chi connectivity index (χ4v) is 3.19. The van der Waals surface area contributed by atoms with E-state index in [-0.39, 0.29) is 4.90 Å². The first-order valence-corrected chi connectivity index (χ1v) is 9.04. The van der Waals surface area contributed by atoms with Gasteiger partial charge >= 0.3 is 0 Å². The standard InChI is InChI=1S/C8H7NS.C8H10O3S/c1-6-9-7-4-2-3-5-8(7)10-6;1-2-7-3-5-8(6-4-7)12(9,10)11/h2-5H,1H3;3-6H,2H2,1H3,(H,9,10,11). The van der Waals surface area contributed by atoms with Crippen molar-refractivity contribution in [2.45, 2.75) is 25.2 Å². The van der Waals surface area contributed by atoms with Crippen molar-refractivity contribution in [2.75, 3.05) is 0 Å². The van der Waals surface area contributed by atoms with Gasteiger partial charge in [0.15, 0.2) is 0 Å². The van der Waals surface area contributed by atoms with Gasteiger partial charge in [0, 0.05) is 0 Å². The summed E-state index contributed by atoms with van der Waals surface area (Å²) in [7, 11) is -4.03. The van der Waals surface area contributed by atoms with Crippen molar-refractivity contribution >= 4 is 31.7 Å². The van der Waals surface area contributed by atoms with Gasteiger partial charge in [-0.05, 0) is 43.2 Å². The zero-order valence-corrected chi connectivity index (χ0v) is 14.0. The van der Waals surface area contributed by atoms with Crippen LogP contribution in [0.3, 0.4) is 0 Å². The monoisotopic (exact) mass is 335 g/mol. The van der Waals surface area contributed by atoms with Crippen LogP contribution in [-0.2, 0) is 16.5 Å². The Bertz CT molecular complexity index is 819. The summed E-state index contributed by atoms with van der Waals surface area (Å²) in [6.45, 7) is 4.01. The quantitative estimate of drug-likeness (QED) is 0.716. The second-order valence-electron chi connectivity index (χ2n) is 4.67. The molecule has 0 unspecified atom stereocenters. The van der Waals surface area contributed by atoms with Crippen molar-refractivity contribution in [1.82, 2.24) is 4.98 Å². The van der Waals surface area contributed by atoms with Gasteiger partial charge in [-0.15, -0.1) is 11.3 Å². The molecule has 1 heterocycles. The molecule has 4 nitrogen and oxygen atoms in total. The number of fused-ring (bicyclic) bond motifs is 1. The van der Waals surface area contributed by atoms with Gasteiger partial charge in [-0.1, -0.05) is 31.2 Å². The van der Waals surface area contributed by atoms with Crippen LogP contribution in [0.5, 0.6) is 0 Å². The number of benzene rings is 2. The summed E-state index contributed by atoms with van der Waals surface area (Å²) in [4.78, 5) is 4.28. The average Bonchev–Trinajstić information content (AvgIpc) is 2.87. The Hall–Kier alpha value is -1.76. The van der Waals surface area contributed by atoms with Gasteiger partial charge in [-0.25, -0.2) is 4.98 Å². The molecule has 3 aromatic rings. The molecule has 2 aromatic carbocycles. The van der Waals surface area contributed by atoms with E-state index in [0.717, 1.165) is 22.5 Å². The first-order valence-electron chi connectivity index (χ1n) is 6.78. The Labute approximate surface area is 134 Å². The van der Waals surface area contributed by atoms with Crippen LogP contribution in [0.15, 0.2) is 53.4 Å². The van der Waals surface area contributed by atoms with Gasteiger partial charge in [0.05, 0.1) is 20.1 Å². The second kappa shape index (κ2) is 7.00.